The second-order valence-corrected chi connectivity index (χ2v) is 5.48. The highest BCUT2D eigenvalue weighted by Gasteiger charge is 2.38. The van der Waals surface area contributed by atoms with Crippen molar-refractivity contribution in [2.45, 2.75) is 32.2 Å². The summed E-state index contributed by atoms with van der Waals surface area (Å²) in [6.45, 7) is 5.22. The van der Waals surface area contributed by atoms with E-state index in [0.717, 1.165) is 18.7 Å². The molecular weight excluding hydrogens is 222 g/mol. The maximum Gasteiger partial charge on any atom is 0.101 e. The Labute approximate surface area is 108 Å². The lowest BCUT2D eigenvalue weighted by Gasteiger charge is -2.34. The van der Waals surface area contributed by atoms with Crippen LogP contribution in [0.25, 0.3) is 0 Å². The largest absolute Gasteiger partial charge is 0.365 e. The fraction of sp³-hybridized carbons (Fsp3) is 0.467. The van der Waals surface area contributed by atoms with Gasteiger partial charge in [-0.15, -0.1) is 0 Å². The SMILES string of the molecule is CC1(C)CC(CC#N)CN1c1ccccc1C#N. The first-order valence-corrected chi connectivity index (χ1v) is 6.22. The van der Waals surface area contributed by atoms with Crippen LogP contribution in [0.15, 0.2) is 24.3 Å². The average molecular weight is 239 g/mol. The molecule has 1 fully saturated rings. The second kappa shape index (κ2) is 4.70. The molecule has 1 aromatic carbocycles. The minimum absolute atomic E-state index is 0.00840. The number of para-hydroxylation sites is 1. The molecule has 0 spiro atoms. The molecule has 1 heterocycles. The van der Waals surface area contributed by atoms with Crippen molar-refractivity contribution < 1.29 is 0 Å². The van der Waals surface area contributed by atoms with E-state index in [9.17, 15) is 5.26 Å². The number of nitriles is 2. The van der Waals surface area contributed by atoms with E-state index in [-0.39, 0.29) is 5.54 Å². The van der Waals surface area contributed by atoms with Crippen LogP contribution in [0.4, 0.5) is 5.69 Å². The van der Waals surface area contributed by atoms with Crippen LogP contribution in [-0.4, -0.2) is 12.1 Å². The molecule has 1 aliphatic rings. The normalized spacial score (nSPS) is 21.3. The van der Waals surface area contributed by atoms with Crippen LogP contribution < -0.4 is 4.90 Å². The molecular formula is C15H17N3. The van der Waals surface area contributed by atoms with Gasteiger partial charge in [-0.1, -0.05) is 12.1 Å². The molecule has 1 atom stereocenters. The van der Waals surface area contributed by atoms with Crippen LogP contribution in [0.1, 0.15) is 32.3 Å². The van der Waals surface area contributed by atoms with Gasteiger partial charge in [-0.05, 0) is 38.3 Å². The summed E-state index contributed by atoms with van der Waals surface area (Å²) in [4.78, 5) is 2.27. The first-order chi connectivity index (χ1) is 8.58. The molecule has 0 radical (unpaired) electrons. The van der Waals surface area contributed by atoms with Gasteiger partial charge in [0.15, 0.2) is 0 Å². The molecule has 1 unspecified atom stereocenters. The number of benzene rings is 1. The number of rotatable bonds is 2. The maximum atomic E-state index is 9.19. The monoisotopic (exact) mass is 239 g/mol. The minimum Gasteiger partial charge on any atom is -0.365 e. The predicted octanol–water partition coefficient (Wildman–Crippen LogP) is 3.08. The van der Waals surface area contributed by atoms with Crippen LogP contribution in [0, 0.1) is 28.6 Å². The van der Waals surface area contributed by atoms with E-state index in [2.05, 4.69) is 30.9 Å². The highest BCUT2D eigenvalue weighted by atomic mass is 15.2. The molecule has 92 valence electrons. The summed E-state index contributed by atoms with van der Waals surface area (Å²) >= 11 is 0. The van der Waals surface area contributed by atoms with Gasteiger partial charge in [0.1, 0.15) is 6.07 Å². The summed E-state index contributed by atoms with van der Waals surface area (Å²) in [5.74, 6) is 0.400. The molecule has 2 rings (SSSR count). The Balaban J connectivity index is 2.34. The van der Waals surface area contributed by atoms with Gasteiger partial charge in [-0.2, -0.15) is 10.5 Å². The molecule has 0 saturated carbocycles. The Morgan fingerprint density at radius 3 is 2.72 bits per heavy atom. The quantitative estimate of drug-likeness (QED) is 0.797. The average Bonchev–Trinajstić information content (AvgIpc) is 2.64. The smallest absolute Gasteiger partial charge is 0.101 e. The van der Waals surface area contributed by atoms with Crippen LogP contribution in [0.2, 0.25) is 0 Å². The fourth-order valence-electron chi connectivity index (χ4n) is 2.88. The third kappa shape index (κ3) is 2.17. The van der Waals surface area contributed by atoms with Gasteiger partial charge < -0.3 is 4.90 Å². The van der Waals surface area contributed by atoms with Crippen LogP contribution >= 0.6 is 0 Å². The van der Waals surface area contributed by atoms with Crippen molar-refractivity contribution in [3.8, 4) is 12.1 Å². The van der Waals surface area contributed by atoms with Gasteiger partial charge in [-0.3, -0.25) is 0 Å². The van der Waals surface area contributed by atoms with E-state index in [0.29, 0.717) is 17.9 Å². The summed E-state index contributed by atoms with van der Waals surface area (Å²) < 4.78 is 0. The lowest BCUT2D eigenvalue weighted by Crippen LogP contribution is -2.38. The van der Waals surface area contributed by atoms with Gasteiger partial charge in [0, 0.05) is 18.5 Å². The standard InChI is InChI=1S/C15H17N3/c1-15(2)9-12(7-8-16)11-18(15)14-6-4-3-5-13(14)10-17/h3-6,12H,7,9,11H2,1-2H3. The number of hydrogen-bond acceptors (Lipinski definition) is 3. The molecule has 0 amide bonds. The van der Waals surface area contributed by atoms with Crippen molar-refractivity contribution in [3.63, 3.8) is 0 Å². The van der Waals surface area contributed by atoms with Crippen LogP contribution in [0.3, 0.4) is 0 Å². The predicted molar refractivity (Wildman–Crippen MR) is 70.9 cm³/mol. The molecule has 1 aromatic rings. The molecule has 3 heteroatoms. The lowest BCUT2D eigenvalue weighted by molar-refractivity contribution is 0.476. The Bertz CT molecular complexity index is 519. The maximum absolute atomic E-state index is 9.19. The zero-order chi connectivity index (χ0) is 13.2. The summed E-state index contributed by atoms with van der Waals surface area (Å²) in [5.41, 5.74) is 1.71. The summed E-state index contributed by atoms with van der Waals surface area (Å²) in [5, 5.41) is 18.0. The van der Waals surface area contributed by atoms with E-state index in [1.165, 1.54) is 0 Å². The second-order valence-electron chi connectivity index (χ2n) is 5.48. The van der Waals surface area contributed by atoms with Gasteiger partial charge in [0.05, 0.1) is 17.3 Å². The molecule has 3 nitrogen and oxygen atoms in total. The van der Waals surface area contributed by atoms with E-state index in [4.69, 9.17) is 5.26 Å². The van der Waals surface area contributed by atoms with E-state index >= 15 is 0 Å². The lowest BCUT2D eigenvalue weighted by atomic mass is 9.94. The van der Waals surface area contributed by atoms with Gasteiger partial charge >= 0.3 is 0 Å². The molecule has 0 bridgehead atoms. The first kappa shape index (κ1) is 12.5. The molecule has 0 aliphatic carbocycles. The molecule has 1 saturated heterocycles. The Morgan fingerprint density at radius 2 is 2.06 bits per heavy atom. The van der Waals surface area contributed by atoms with E-state index in [1.54, 1.807) is 0 Å². The van der Waals surface area contributed by atoms with Crippen LogP contribution in [-0.2, 0) is 0 Å². The number of nitrogens with zero attached hydrogens (tertiary/aromatic N) is 3. The van der Waals surface area contributed by atoms with Crippen molar-refractivity contribution in [1.82, 2.24) is 0 Å². The Morgan fingerprint density at radius 1 is 1.33 bits per heavy atom. The van der Waals surface area contributed by atoms with Crippen molar-refractivity contribution in [1.29, 1.82) is 10.5 Å². The zero-order valence-corrected chi connectivity index (χ0v) is 10.8. The van der Waals surface area contributed by atoms with Crippen molar-refractivity contribution in [2.75, 3.05) is 11.4 Å². The highest BCUT2D eigenvalue weighted by Crippen LogP contribution is 2.39. The fourth-order valence-corrected chi connectivity index (χ4v) is 2.88. The minimum atomic E-state index is 0.00840. The Kier molecular flexibility index (Phi) is 3.26. The number of hydrogen-bond donors (Lipinski definition) is 0. The number of anilines is 1. The van der Waals surface area contributed by atoms with Crippen molar-refractivity contribution in [2.24, 2.45) is 5.92 Å². The van der Waals surface area contributed by atoms with Crippen LogP contribution in [0.5, 0.6) is 0 Å². The highest BCUT2D eigenvalue weighted by molar-refractivity contribution is 5.61. The van der Waals surface area contributed by atoms with E-state index in [1.807, 2.05) is 24.3 Å². The molecule has 1 aliphatic heterocycles. The molecule has 0 aromatic heterocycles. The Hall–Kier alpha value is -2.00. The van der Waals surface area contributed by atoms with Gasteiger partial charge in [0.2, 0.25) is 0 Å². The van der Waals surface area contributed by atoms with E-state index < -0.39 is 0 Å². The molecule has 0 N–H and O–H groups in total. The van der Waals surface area contributed by atoms with Crippen molar-refractivity contribution >= 4 is 5.69 Å². The summed E-state index contributed by atoms with van der Waals surface area (Å²) in [6.07, 6.45) is 1.59. The van der Waals surface area contributed by atoms with Gasteiger partial charge in [0.25, 0.3) is 0 Å². The third-order valence-electron chi connectivity index (χ3n) is 3.65. The van der Waals surface area contributed by atoms with Crippen molar-refractivity contribution in [3.05, 3.63) is 29.8 Å². The van der Waals surface area contributed by atoms with Gasteiger partial charge in [-0.25, -0.2) is 0 Å². The first-order valence-electron chi connectivity index (χ1n) is 6.22. The zero-order valence-electron chi connectivity index (χ0n) is 10.8. The summed E-state index contributed by atoms with van der Waals surface area (Å²) in [6, 6.07) is 12.2. The summed E-state index contributed by atoms with van der Waals surface area (Å²) in [7, 11) is 0. The third-order valence-corrected chi connectivity index (χ3v) is 3.65. The topological polar surface area (TPSA) is 50.8 Å². The molecule has 18 heavy (non-hydrogen) atoms.